The predicted molar refractivity (Wildman–Crippen MR) is 100.0 cm³/mol. The highest BCUT2D eigenvalue weighted by molar-refractivity contribution is 5.97. The molecule has 1 saturated carbocycles. The Kier molecular flexibility index (Phi) is 4.36. The van der Waals surface area contributed by atoms with Gasteiger partial charge in [0.2, 0.25) is 5.91 Å². The van der Waals surface area contributed by atoms with Gasteiger partial charge in [-0.25, -0.2) is 0 Å². The van der Waals surface area contributed by atoms with E-state index >= 15 is 0 Å². The fourth-order valence-corrected chi connectivity index (χ4v) is 3.66. The Morgan fingerprint density at radius 3 is 2.56 bits per heavy atom. The number of nitrogens with two attached hydrogens (primary N) is 1. The number of ether oxygens (including phenoxy) is 2. The molecule has 1 fully saturated rings. The second kappa shape index (κ2) is 6.70. The molecule has 1 amide bonds. The number of ketones is 1. The minimum Gasteiger partial charge on any atom is -0.497 e. The SMILES string of the molecule is COc1ccc(C2(C(=O)C3CNCc4ccc(C(N)=O)cc4O3)CC2)cc1. The molecule has 1 atom stereocenters. The number of rotatable bonds is 5. The van der Waals surface area contributed by atoms with E-state index in [1.807, 2.05) is 30.3 Å². The molecule has 6 heteroatoms. The molecule has 2 aliphatic rings. The van der Waals surface area contributed by atoms with Gasteiger partial charge in [-0.2, -0.15) is 0 Å². The van der Waals surface area contributed by atoms with E-state index < -0.39 is 17.4 Å². The highest BCUT2D eigenvalue weighted by Gasteiger charge is 2.53. The lowest BCUT2D eigenvalue weighted by Gasteiger charge is -2.22. The molecule has 27 heavy (non-hydrogen) atoms. The van der Waals surface area contributed by atoms with Crippen LogP contribution in [0.15, 0.2) is 42.5 Å². The van der Waals surface area contributed by atoms with Crippen LogP contribution in [-0.4, -0.2) is 31.4 Å². The molecule has 0 aromatic heterocycles. The summed E-state index contributed by atoms with van der Waals surface area (Å²) in [5.74, 6) is 0.860. The smallest absolute Gasteiger partial charge is 0.248 e. The number of fused-ring (bicyclic) bond motifs is 1. The molecule has 6 nitrogen and oxygen atoms in total. The molecular weight excluding hydrogens is 344 g/mol. The number of methoxy groups -OCH3 is 1. The van der Waals surface area contributed by atoms with Gasteiger partial charge in [0, 0.05) is 24.2 Å². The van der Waals surface area contributed by atoms with Crippen molar-refractivity contribution in [1.29, 1.82) is 0 Å². The van der Waals surface area contributed by atoms with Crippen LogP contribution in [0.1, 0.15) is 34.3 Å². The first-order valence-corrected chi connectivity index (χ1v) is 9.02. The molecule has 140 valence electrons. The average molecular weight is 366 g/mol. The van der Waals surface area contributed by atoms with Gasteiger partial charge in [-0.3, -0.25) is 9.59 Å². The number of primary amides is 1. The average Bonchev–Trinajstić information content (AvgIpc) is 3.51. The van der Waals surface area contributed by atoms with Crippen LogP contribution in [0.2, 0.25) is 0 Å². The number of amides is 1. The summed E-state index contributed by atoms with van der Waals surface area (Å²) in [5, 5.41) is 3.27. The van der Waals surface area contributed by atoms with E-state index in [2.05, 4.69) is 5.32 Å². The second-order valence-corrected chi connectivity index (χ2v) is 7.10. The van der Waals surface area contributed by atoms with E-state index in [-0.39, 0.29) is 5.78 Å². The fraction of sp³-hybridized carbons (Fsp3) is 0.333. The van der Waals surface area contributed by atoms with Gasteiger partial charge in [-0.15, -0.1) is 0 Å². The highest BCUT2D eigenvalue weighted by Crippen LogP contribution is 2.50. The maximum Gasteiger partial charge on any atom is 0.248 e. The molecule has 4 rings (SSSR count). The molecule has 0 bridgehead atoms. The van der Waals surface area contributed by atoms with E-state index in [0.717, 1.165) is 29.7 Å². The summed E-state index contributed by atoms with van der Waals surface area (Å²) in [7, 11) is 1.62. The molecule has 0 saturated heterocycles. The maximum absolute atomic E-state index is 13.3. The van der Waals surface area contributed by atoms with Crippen LogP contribution in [0.5, 0.6) is 11.5 Å². The van der Waals surface area contributed by atoms with E-state index in [1.165, 1.54) is 0 Å². The largest absolute Gasteiger partial charge is 0.497 e. The molecule has 2 aromatic rings. The molecule has 0 radical (unpaired) electrons. The first-order valence-electron chi connectivity index (χ1n) is 9.02. The maximum atomic E-state index is 13.3. The summed E-state index contributed by atoms with van der Waals surface area (Å²) in [4.78, 5) is 24.8. The third kappa shape index (κ3) is 3.17. The lowest BCUT2D eigenvalue weighted by Crippen LogP contribution is -2.42. The standard InChI is InChI=1S/C21H22N2O4/c1-26-16-6-4-15(5-7-16)21(8-9-21)19(24)18-12-23-11-14-3-2-13(20(22)25)10-17(14)27-18/h2-7,10,18,23H,8-9,11-12H2,1H3,(H2,22,25). The van der Waals surface area contributed by atoms with E-state index in [9.17, 15) is 9.59 Å². The number of benzene rings is 2. The number of carbonyl (C=O) groups excluding carboxylic acids is 2. The molecule has 1 aliphatic carbocycles. The van der Waals surface area contributed by atoms with E-state index in [4.69, 9.17) is 15.2 Å². The van der Waals surface area contributed by atoms with Gasteiger partial charge >= 0.3 is 0 Å². The van der Waals surface area contributed by atoms with Gasteiger partial charge in [0.05, 0.1) is 12.5 Å². The third-order valence-corrected chi connectivity index (χ3v) is 5.42. The molecule has 1 aliphatic heterocycles. The van der Waals surface area contributed by atoms with Crippen molar-refractivity contribution < 1.29 is 19.1 Å². The zero-order chi connectivity index (χ0) is 19.0. The van der Waals surface area contributed by atoms with E-state index in [0.29, 0.717) is 24.4 Å². The minimum atomic E-state index is -0.612. The monoisotopic (exact) mass is 366 g/mol. The molecule has 1 unspecified atom stereocenters. The summed E-state index contributed by atoms with van der Waals surface area (Å²) < 4.78 is 11.3. The molecule has 3 N–H and O–H groups in total. The summed E-state index contributed by atoms with van der Waals surface area (Å²) >= 11 is 0. The Morgan fingerprint density at radius 1 is 1.19 bits per heavy atom. The zero-order valence-electron chi connectivity index (χ0n) is 15.2. The Hall–Kier alpha value is -2.86. The zero-order valence-corrected chi connectivity index (χ0v) is 15.2. The van der Waals surface area contributed by atoms with Gasteiger partial charge in [0.1, 0.15) is 11.5 Å². The first-order chi connectivity index (χ1) is 13.0. The molecular formula is C21H22N2O4. The van der Waals surface area contributed by atoms with Crippen LogP contribution in [0.25, 0.3) is 0 Å². The summed E-state index contributed by atoms with van der Waals surface area (Å²) in [6.07, 6.45) is 1.01. The van der Waals surface area contributed by atoms with Crippen molar-refractivity contribution in [1.82, 2.24) is 5.32 Å². The summed E-state index contributed by atoms with van der Waals surface area (Å²) in [6.45, 7) is 1.00. The van der Waals surface area contributed by atoms with Gasteiger partial charge in [0.25, 0.3) is 0 Å². The number of hydrogen-bond donors (Lipinski definition) is 2. The molecule has 1 heterocycles. The molecule has 2 aromatic carbocycles. The molecule has 0 spiro atoms. The Bertz CT molecular complexity index is 888. The second-order valence-electron chi connectivity index (χ2n) is 7.10. The quantitative estimate of drug-likeness (QED) is 0.844. The van der Waals surface area contributed by atoms with Crippen LogP contribution in [-0.2, 0) is 16.8 Å². The van der Waals surface area contributed by atoms with Gasteiger partial charge in [-0.1, -0.05) is 18.2 Å². The Labute approximate surface area is 157 Å². The predicted octanol–water partition coefficient (Wildman–Crippen LogP) is 1.95. The van der Waals surface area contributed by atoms with Gasteiger partial charge in [0.15, 0.2) is 11.9 Å². The minimum absolute atomic E-state index is 0.0671. The lowest BCUT2D eigenvalue weighted by atomic mass is 9.88. The van der Waals surface area contributed by atoms with Crippen LogP contribution < -0.4 is 20.5 Å². The lowest BCUT2D eigenvalue weighted by molar-refractivity contribution is -0.128. The Morgan fingerprint density at radius 2 is 1.93 bits per heavy atom. The first kappa shape index (κ1) is 17.5. The van der Waals surface area contributed by atoms with Crippen molar-refractivity contribution in [3.05, 3.63) is 59.2 Å². The fourth-order valence-electron chi connectivity index (χ4n) is 3.66. The van der Waals surface area contributed by atoms with Crippen LogP contribution in [0, 0.1) is 0 Å². The number of nitrogens with one attached hydrogen (secondary N) is 1. The summed E-state index contributed by atoms with van der Waals surface area (Å²) in [6, 6.07) is 12.8. The number of carbonyl (C=O) groups is 2. The van der Waals surface area contributed by atoms with E-state index in [1.54, 1.807) is 19.2 Å². The van der Waals surface area contributed by atoms with Crippen molar-refractivity contribution >= 4 is 11.7 Å². The number of Topliss-reactive ketones (excluding diaryl/α,β-unsaturated/α-hetero) is 1. The van der Waals surface area contributed by atoms with Crippen molar-refractivity contribution in [3.8, 4) is 11.5 Å². The van der Waals surface area contributed by atoms with Crippen LogP contribution in [0.3, 0.4) is 0 Å². The third-order valence-electron chi connectivity index (χ3n) is 5.42. The number of hydrogen-bond acceptors (Lipinski definition) is 5. The van der Waals surface area contributed by atoms with Gasteiger partial charge in [-0.05, 0) is 42.7 Å². The van der Waals surface area contributed by atoms with Crippen LogP contribution in [0.4, 0.5) is 0 Å². The van der Waals surface area contributed by atoms with Gasteiger partial charge < -0.3 is 20.5 Å². The van der Waals surface area contributed by atoms with Crippen molar-refractivity contribution in [2.45, 2.75) is 30.9 Å². The summed E-state index contributed by atoms with van der Waals surface area (Å²) in [5.41, 5.74) is 7.15. The Balaban J connectivity index is 1.60. The normalized spacial score (nSPS) is 20.0. The highest BCUT2D eigenvalue weighted by atomic mass is 16.5. The van der Waals surface area contributed by atoms with Crippen molar-refractivity contribution in [2.24, 2.45) is 5.73 Å². The van der Waals surface area contributed by atoms with Crippen molar-refractivity contribution in [2.75, 3.05) is 13.7 Å². The topological polar surface area (TPSA) is 90.6 Å². The van der Waals surface area contributed by atoms with Crippen molar-refractivity contribution in [3.63, 3.8) is 0 Å². The van der Waals surface area contributed by atoms with Crippen LogP contribution >= 0.6 is 0 Å².